The molecule has 29 heavy (non-hydrogen) atoms. The van der Waals surface area contributed by atoms with Crippen LogP contribution >= 0.6 is 22.9 Å². The zero-order valence-corrected chi connectivity index (χ0v) is 17.7. The lowest BCUT2D eigenvalue weighted by molar-refractivity contribution is 0.571. The molecule has 0 N–H and O–H groups in total. The van der Waals surface area contributed by atoms with E-state index in [0.29, 0.717) is 20.3 Å². The lowest BCUT2D eigenvalue weighted by Gasteiger charge is -2.03. The molecule has 4 nitrogen and oxygen atoms in total. The Bertz CT molecular complexity index is 1520. The average molecular weight is 421 g/mol. The van der Waals surface area contributed by atoms with Gasteiger partial charge in [-0.25, -0.2) is 9.38 Å². The Hall–Kier alpha value is -2.89. The van der Waals surface area contributed by atoms with Gasteiger partial charge < -0.3 is 4.42 Å². The van der Waals surface area contributed by atoms with Gasteiger partial charge in [0.15, 0.2) is 4.96 Å². The highest BCUT2D eigenvalue weighted by Gasteiger charge is 2.13. The van der Waals surface area contributed by atoms with Crippen LogP contribution in [0.5, 0.6) is 0 Å². The van der Waals surface area contributed by atoms with Crippen molar-refractivity contribution in [2.24, 2.45) is 0 Å². The number of hydrogen-bond donors (Lipinski definition) is 0. The van der Waals surface area contributed by atoms with Gasteiger partial charge in [0.1, 0.15) is 16.1 Å². The summed E-state index contributed by atoms with van der Waals surface area (Å²) in [6.45, 7) is 6.05. The molecule has 0 saturated heterocycles. The van der Waals surface area contributed by atoms with Crippen molar-refractivity contribution in [3.8, 4) is 11.3 Å². The molecule has 0 aliphatic carbocycles. The zero-order chi connectivity index (χ0) is 20.3. The Morgan fingerprint density at radius 3 is 2.72 bits per heavy atom. The number of fused-ring (bicyclic) bond motifs is 3. The summed E-state index contributed by atoms with van der Waals surface area (Å²) in [5.74, 6) is 1.35. The minimum atomic E-state index is -0.0763. The van der Waals surface area contributed by atoms with E-state index in [4.69, 9.17) is 16.0 Å². The quantitative estimate of drug-likeness (QED) is 0.389. The van der Waals surface area contributed by atoms with Gasteiger partial charge in [0.25, 0.3) is 5.56 Å². The van der Waals surface area contributed by atoms with E-state index in [-0.39, 0.29) is 5.56 Å². The molecule has 0 spiro atoms. The molecule has 5 rings (SSSR count). The third-order valence-electron chi connectivity index (χ3n) is 5.29. The average Bonchev–Trinajstić information content (AvgIpc) is 3.35. The molecule has 0 aliphatic heterocycles. The van der Waals surface area contributed by atoms with Gasteiger partial charge >= 0.3 is 0 Å². The van der Waals surface area contributed by atoms with Crippen LogP contribution in [0, 0.1) is 20.8 Å². The van der Waals surface area contributed by atoms with Crippen LogP contribution in [0.25, 0.3) is 33.4 Å². The zero-order valence-electron chi connectivity index (χ0n) is 16.1. The van der Waals surface area contributed by atoms with Crippen molar-refractivity contribution >= 4 is 45.0 Å². The first-order valence-corrected chi connectivity index (χ1v) is 10.4. The van der Waals surface area contributed by atoms with Crippen molar-refractivity contribution in [3.63, 3.8) is 0 Å². The summed E-state index contributed by atoms with van der Waals surface area (Å²) < 4.78 is 8.26. The summed E-state index contributed by atoms with van der Waals surface area (Å²) in [6.07, 6.45) is 1.78. The Labute approximate surface area is 175 Å². The summed E-state index contributed by atoms with van der Waals surface area (Å²) in [5.41, 5.74) is 5.83. The second-order valence-corrected chi connectivity index (χ2v) is 8.60. The van der Waals surface area contributed by atoms with Crippen LogP contribution in [-0.2, 0) is 0 Å². The van der Waals surface area contributed by atoms with Crippen LogP contribution in [0.3, 0.4) is 0 Å². The molecule has 2 aromatic carbocycles. The summed E-state index contributed by atoms with van der Waals surface area (Å²) in [4.78, 5) is 18.3. The van der Waals surface area contributed by atoms with E-state index >= 15 is 0 Å². The normalized spacial score (nSPS) is 12.5. The largest absolute Gasteiger partial charge is 0.457 e. The van der Waals surface area contributed by atoms with Crippen LogP contribution in [-0.4, -0.2) is 9.38 Å². The molecule has 144 valence electrons. The molecule has 3 heterocycles. The number of halogens is 1. The third kappa shape index (κ3) is 2.89. The molecular formula is C23H17ClN2O2S. The predicted octanol–water partition coefficient (Wildman–Crippen LogP) is 5.30. The third-order valence-corrected chi connectivity index (χ3v) is 6.67. The van der Waals surface area contributed by atoms with Crippen LogP contribution in [0.15, 0.2) is 51.7 Å². The van der Waals surface area contributed by atoms with Crippen molar-refractivity contribution in [3.05, 3.63) is 84.8 Å². The molecular weight excluding hydrogens is 404 g/mol. The monoisotopic (exact) mass is 420 g/mol. The SMILES string of the molecule is Cc1cc2nc3sc(=Cc4ccc(-c5cccc(Cl)c5C)o4)c(=O)n3c2cc1C. The van der Waals surface area contributed by atoms with Crippen LogP contribution < -0.4 is 10.1 Å². The fraction of sp³-hybridized carbons (Fsp3) is 0.130. The van der Waals surface area contributed by atoms with E-state index in [1.165, 1.54) is 16.9 Å². The van der Waals surface area contributed by atoms with Gasteiger partial charge in [0.2, 0.25) is 0 Å². The molecule has 6 heteroatoms. The van der Waals surface area contributed by atoms with Crippen LogP contribution in [0.1, 0.15) is 22.5 Å². The van der Waals surface area contributed by atoms with E-state index in [9.17, 15) is 4.79 Å². The molecule has 0 aliphatic rings. The van der Waals surface area contributed by atoms with E-state index in [0.717, 1.165) is 33.5 Å². The fourth-order valence-corrected chi connectivity index (χ4v) is 4.64. The van der Waals surface area contributed by atoms with E-state index in [1.807, 2.05) is 56.3 Å². The van der Waals surface area contributed by atoms with Gasteiger partial charge in [-0.05, 0) is 67.8 Å². The van der Waals surface area contributed by atoms with Gasteiger partial charge in [0.05, 0.1) is 11.0 Å². The summed E-state index contributed by atoms with van der Waals surface area (Å²) in [5, 5.41) is 0.697. The lowest BCUT2D eigenvalue weighted by Crippen LogP contribution is -2.22. The van der Waals surface area contributed by atoms with Gasteiger partial charge in [-0.3, -0.25) is 4.79 Å². The number of furan rings is 1. The van der Waals surface area contributed by atoms with Gasteiger partial charge in [-0.2, -0.15) is 0 Å². The maximum atomic E-state index is 13.0. The van der Waals surface area contributed by atoms with Crippen molar-refractivity contribution in [2.45, 2.75) is 20.8 Å². The Kier molecular flexibility index (Phi) is 4.12. The predicted molar refractivity (Wildman–Crippen MR) is 119 cm³/mol. The van der Waals surface area contributed by atoms with Crippen molar-refractivity contribution in [1.82, 2.24) is 9.38 Å². The number of hydrogen-bond acceptors (Lipinski definition) is 4. The van der Waals surface area contributed by atoms with Crippen LogP contribution in [0.4, 0.5) is 0 Å². The molecule has 0 radical (unpaired) electrons. The lowest BCUT2D eigenvalue weighted by atomic mass is 10.1. The maximum absolute atomic E-state index is 13.0. The second-order valence-electron chi connectivity index (χ2n) is 7.19. The van der Waals surface area contributed by atoms with Crippen molar-refractivity contribution in [2.75, 3.05) is 0 Å². The highest BCUT2D eigenvalue weighted by Crippen LogP contribution is 2.30. The van der Waals surface area contributed by atoms with Crippen molar-refractivity contribution in [1.29, 1.82) is 0 Å². The van der Waals surface area contributed by atoms with Crippen LogP contribution in [0.2, 0.25) is 5.02 Å². The first-order chi connectivity index (χ1) is 13.9. The molecule has 5 aromatic rings. The summed E-state index contributed by atoms with van der Waals surface area (Å²) in [7, 11) is 0. The molecule has 0 amide bonds. The van der Waals surface area contributed by atoms with Gasteiger partial charge in [-0.1, -0.05) is 35.1 Å². The molecule has 0 fully saturated rings. The topological polar surface area (TPSA) is 47.5 Å². The Morgan fingerprint density at radius 2 is 1.90 bits per heavy atom. The molecule has 3 aromatic heterocycles. The Morgan fingerprint density at radius 1 is 1.10 bits per heavy atom. The number of aryl methyl sites for hydroxylation is 2. The maximum Gasteiger partial charge on any atom is 0.275 e. The van der Waals surface area contributed by atoms with Gasteiger partial charge in [-0.15, -0.1) is 0 Å². The smallest absolute Gasteiger partial charge is 0.275 e. The molecule has 0 unspecified atom stereocenters. The number of rotatable bonds is 2. The minimum Gasteiger partial charge on any atom is -0.457 e. The standard InChI is InChI=1S/C23H17ClN2O2S/c1-12-9-18-19(10-13(12)2)26-22(27)21(29-23(26)25-18)11-15-7-8-20(28-15)16-5-4-6-17(24)14(16)3/h4-11H,1-3H3. The second kappa shape index (κ2) is 6.58. The molecule has 0 atom stereocenters. The molecule has 0 saturated carbocycles. The summed E-state index contributed by atoms with van der Waals surface area (Å²) in [6, 6.07) is 13.5. The first-order valence-electron chi connectivity index (χ1n) is 9.21. The number of benzene rings is 2. The van der Waals surface area contributed by atoms with E-state index in [2.05, 4.69) is 11.9 Å². The van der Waals surface area contributed by atoms with E-state index < -0.39 is 0 Å². The number of nitrogens with zero attached hydrogens (tertiary/aromatic N) is 2. The Balaban J connectivity index is 1.64. The number of aromatic nitrogens is 2. The molecule has 0 bridgehead atoms. The highest BCUT2D eigenvalue weighted by atomic mass is 35.5. The van der Waals surface area contributed by atoms with E-state index in [1.54, 1.807) is 10.5 Å². The fourth-order valence-electron chi connectivity index (χ4n) is 3.50. The number of imidazole rings is 1. The van der Waals surface area contributed by atoms with Crippen molar-refractivity contribution < 1.29 is 4.42 Å². The van der Waals surface area contributed by atoms with Gasteiger partial charge in [0, 0.05) is 16.7 Å². The first kappa shape index (κ1) is 18.2. The number of thiazole rings is 1. The minimum absolute atomic E-state index is 0.0763. The summed E-state index contributed by atoms with van der Waals surface area (Å²) >= 11 is 7.59. The highest BCUT2D eigenvalue weighted by molar-refractivity contribution is 7.15.